The van der Waals surface area contributed by atoms with E-state index in [1.54, 1.807) is 14.2 Å². The second-order valence-electron chi connectivity index (χ2n) is 5.94. The monoisotopic (exact) mass is 290 g/mol. The Kier molecular flexibility index (Phi) is 3.79. The largest absolute Gasteiger partial charge is 0.493 e. The van der Waals surface area contributed by atoms with Crippen LogP contribution < -0.4 is 14.2 Å². The predicted molar refractivity (Wildman–Crippen MR) is 79.1 cm³/mol. The van der Waals surface area contributed by atoms with E-state index in [1.807, 2.05) is 18.2 Å². The Labute approximate surface area is 125 Å². The Morgan fingerprint density at radius 1 is 1.05 bits per heavy atom. The average molecular weight is 290 g/mol. The molecule has 0 amide bonds. The number of benzene rings is 1. The Balaban J connectivity index is 1.85. The van der Waals surface area contributed by atoms with Crippen LogP contribution in [0.25, 0.3) is 0 Å². The van der Waals surface area contributed by atoms with Crippen molar-refractivity contribution >= 4 is 5.78 Å². The number of hydrogen-bond donors (Lipinski definition) is 0. The molecule has 0 N–H and O–H groups in total. The minimum atomic E-state index is -0.260. The summed E-state index contributed by atoms with van der Waals surface area (Å²) >= 11 is 0. The maximum atomic E-state index is 12.2. The molecule has 2 saturated carbocycles. The third kappa shape index (κ3) is 2.27. The summed E-state index contributed by atoms with van der Waals surface area (Å²) in [6.07, 6.45) is 5.82. The summed E-state index contributed by atoms with van der Waals surface area (Å²) in [6, 6.07) is 5.57. The first-order valence-corrected chi connectivity index (χ1v) is 7.62. The van der Waals surface area contributed by atoms with Crippen LogP contribution >= 0.6 is 0 Å². The van der Waals surface area contributed by atoms with Crippen molar-refractivity contribution in [1.82, 2.24) is 0 Å². The molecule has 2 aliphatic carbocycles. The minimum absolute atomic E-state index is 0.0458. The average Bonchev–Trinajstić information content (AvgIpc) is 2.55. The van der Waals surface area contributed by atoms with Crippen LogP contribution in [0, 0.1) is 5.41 Å². The molecule has 2 fully saturated rings. The van der Waals surface area contributed by atoms with Gasteiger partial charge in [-0.25, -0.2) is 0 Å². The molecule has 1 aromatic carbocycles. The molecule has 1 spiro atoms. The van der Waals surface area contributed by atoms with E-state index in [9.17, 15) is 4.79 Å². The summed E-state index contributed by atoms with van der Waals surface area (Å²) in [5.41, 5.74) is -0.260. The number of carbonyl (C=O) groups excluding carboxylic acids is 1. The predicted octanol–water partition coefficient (Wildman–Crippen LogP) is 3.37. The Morgan fingerprint density at radius 2 is 1.67 bits per heavy atom. The van der Waals surface area contributed by atoms with Gasteiger partial charge in [0.25, 0.3) is 0 Å². The smallest absolute Gasteiger partial charge is 0.203 e. The second kappa shape index (κ2) is 5.58. The standard InChI is InChI=1S/C17H22O4/c1-19-12-7-6-8-13(20-2)16(12)21-15-11-14(18)17(15)9-4-3-5-10-17/h6-8,15H,3-5,9-11H2,1-2H3. The van der Waals surface area contributed by atoms with Crippen LogP contribution in [0.2, 0.25) is 0 Å². The van der Waals surface area contributed by atoms with E-state index in [2.05, 4.69) is 0 Å². The zero-order chi connectivity index (χ0) is 14.9. The van der Waals surface area contributed by atoms with Crippen molar-refractivity contribution in [1.29, 1.82) is 0 Å². The van der Waals surface area contributed by atoms with Crippen LogP contribution in [-0.4, -0.2) is 26.1 Å². The third-order valence-electron chi connectivity index (χ3n) is 4.93. The molecule has 114 valence electrons. The molecule has 1 unspecified atom stereocenters. The maximum absolute atomic E-state index is 12.2. The summed E-state index contributed by atoms with van der Waals surface area (Å²) in [6.45, 7) is 0. The molecule has 2 aliphatic rings. The van der Waals surface area contributed by atoms with E-state index >= 15 is 0 Å². The van der Waals surface area contributed by atoms with Crippen LogP contribution in [0.3, 0.4) is 0 Å². The molecule has 3 rings (SSSR count). The van der Waals surface area contributed by atoms with Gasteiger partial charge >= 0.3 is 0 Å². The lowest BCUT2D eigenvalue weighted by Crippen LogP contribution is -2.57. The summed E-state index contributed by atoms with van der Waals surface area (Å²) in [4.78, 5) is 12.2. The van der Waals surface area contributed by atoms with Gasteiger partial charge in [0, 0.05) is 6.42 Å². The van der Waals surface area contributed by atoms with Crippen LogP contribution in [0.1, 0.15) is 38.5 Å². The zero-order valence-corrected chi connectivity index (χ0v) is 12.7. The lowest BCUT2D eigenvalue weighted by molar-refractivity contribution is -0.156. The fourth-order valence-electron chi connectivity index (χ4n) is 3.63. The summed E-state index contributed by atoms with van der Waals surface area (Å²) in [5, 5.41) is 0. The summed E-state index contributed by atoms with van der Waals surface area (Å²) in [7, 11) is 3.23. The van der Waals surface area contributed by atoms with Crippen LogP contribution in [0.4, 0.5) is 0 Å². The highest BCUT2D eigenvalue weighted by Crippen LogP contribution is 2.52. The van der Waals surface area contributed by atoms with Gasteiger partial charge in [-0.2, -0.15) is 0 Å². The number of carbonyl (C=O) groups is 1. The quantitative estimate of drug-likeness (QED) is 0.853. The Hall–Kier alpha value is -1.71. The fourth-order valence-corrected chi connectivity index (χ4v) is 3.63. The first-order valence-electron chi connectivity index (χ1n) is 7.62. The highest BCUT2D eigenvalue weighted by Gasteiger charge is 2.56. The molecule has 0 aliphatic heterocycles. The minimum Gasteiger partial charge on any atom is -0.493 e. The first-order chi connectivity index (χ1) is 10.2. The number of Topliss-reactive ketones (excluding diaryl/α,β-unsaturated/α-hetero) is 1. The number of hydrogen-bond acceptors (Lipinski definition) is 4. The Bertz CT molecular complexity index is 509. The molecule has 0 saturated heterocycles. The van der Waals surface area contributed by atoms with E-state index in [-0.39, 0.29) is 11.5 Å². The van der Waals surface area contributed by atoms with Crippen LogP contribution in [0.15, 0.2) is 18.2 Å². The number of ketones is 1. The third-order valence-corrected chi connectivity index (χ3v) is 4.93. The van der Waals surface area contributed by atoms with Gasteiger partial charge in [-0.1, -0.05) is 25.3 Å². The van der Waals surface area contributed by atoms with Gasteiger partial charge in [-0.3, -0.25) is 4.79 Å². The highest BCUT2D eigenvalue weighted by atomic mass is 16.5. The molecule has 21 heavy (non-hydrogen) atoms. The Morgan fingerprint density at radius 3 is 2.19 bits per heavy atom. The normalized spacial score (nSPS) is 23.5. The topological polar surface area (TPSA) is 44.8 Å². The molecule has 4 nitrogen and oxygen atoms in total. The highest BCUT2D eigenvalue weighted by molar-refractivity contribution is 5.92. The molecule has 0 bridgehead atoms. The van der Waals surface area contributed by atoms with Gasteiger partial charge in [0.2, 0.25) is 5.75 Å². The van der Waals surface area contributed by atoms with Gasteiger partial charge in [-0.05, 0) is 25.0 Å². The van der Waals surface area contributed by atoms with Crippen molar-refractivity contribution in [2.45, 2.75) is 44.6 Å². The fraction of sp³-hybridized carbons (Fsp3) is 0.588. The molecular formula is C17H22O4. The molecule has 0 aromatic heterocycles. The van der Waals surface area contributed by atoms with Crippen molar-refractivity contribution in [2.75, 3.05) is 14.2 Å². The van der Waals surface area contributed by atoms with E-state index in [1.165, 1.54) is 6.42 Å². The summed E-state index contributed by atoms with van der Waals surface area (Å²) in [5.74, 6) is 2.28. The van der Waals surface area contributed by atoms with Gasteiger partial charge in [0.1, 0.15) is 11.9 Å². The van der Waals surface area contributed by atoms with E-state index in [4.69, 9.17) is 14.2 Å². The number of rotatable bonds is 4. The lowest BCUT2D eigenvalue weighted by atomic mass is 9.57. The molecule has 0 heterocycles. The van der Waals surface area contributed by atoms with E-state index < -0.39 is 0 Å². The number of methoxy groups -OCH3 is 2. The van der Waals surface area contributed by atoms with Gasteiger partial charge in [-0.15, -0.1) is 0 Å². The summed E-state index contributed by atoms with van der Waals surface area (Å²) < 4.78 is 16.9. The van der Waals surface area contributed by atoms with Crippen LogP contribution in [-0.2, 0) is 4.79 Å². The molecular weight excluding hydrogens is 268 g/mol. The van der Waals surface area contributed by atoms with Crippen LogP contribution in [0.5, 0.6) is 17.2 Å². The van der Waals surface area contributed by atoms with Crippen molar-refractivity contribution < 1.29 is 19.0 Å². The van der Waals surface area contributed by atoms with Gasteiger partial charge < -0.3 is 14.2 Å². The first kappa shape index (κ1) is 14.2. The molecule has 0 radical (unpaired) electrons. The molecule has 1 aromatic rings. The number of ether oxygens (including phenoxy) is 3. The SMILES string of the molecule is COc1cccc(OC)c1OC1CC(=O)C12CCCCC2. The number of para-hydroxylation sites is 1. The van der Waals surface area contributed by atoms with Crippen molar-refractivity contribution in [3.63, 3.8) is 0 Å². The van der Waals surface area contributed by atoms with Gasteiger partial charge in [0.15, 0.2) is 11.5 Å². The molecule has 4 heteroatoms. The van der Waals surface area contributed by atoms with Crippen molar-refractivity contribution in [2.24, 2.45) is 5.41 Å². The van der Waals surface area contributed by atoms with E-state index in [0.717, 1.165) is 25.7 Å². The maximum Gasteiger partial charge on any atom is 0.203 e. The van der Waals surface area contributed by atoms with Crippen molar-refractivity contribution in [3.05, 3.63) is 18.2 Å². The van der Waals surface area contributed by atoms with E-state index in [0.29, 0.717) is 29.5 Å². The zero-order valence-electron chi connectivity index (χ0n) is 12.7. The van der Waals surface area contributed by atoms with Gasteiger partial charge in [0.05, 0.1) is 19.6 Å². The second-order valence-corrected chi connectivity index (χ2v) is 5.94. The lowest BCUT2D eigenvalue weighted by Gasteiger charge is -2.49. The molecule has 1 atom stereocenters. The van der Waals surface area contributed by atoms with Crippen molar-refractivity contribution in [3.8, 4) is 17.2 Å².